The van der Waals surface area contributed by atoms with Crippen LogP contribution in [0.3, 0.4) is 0 Å². The van der Waals surface area contributed by atoms with Crippen molar-refractivity contribution in [3.8, 4) is 5.75 Å². The first-order chi connectivity index (χ1) is 9.18. The fourth-order valence-corrected chi connectivity index (χ4v) is 1.79. The lowest BCUT2D eigenvalue weighted by molar-refractivity contribution is -0.122. The molecule has 0 radical (unpaired) electrons. The molecular formula is C15H16N2O2. The number of para-hydroxylation sites is 1. The first kappa shape index (κ1) is 13.1. The molecule has 0 aliphatic rings. The number of benzene rings is 2. The van der Waals surface area contributed by atoms with Gasteiger partial charge in [0.25, 0.3) is 0 Å². The zero-order valence-corrected chi connectivity index (χ0v) is 10.4. The van der Waals surface area contributed by atoms with Gasteiger partial charge in [-0.25, -0.2) is 0 Å². The summed E-state index contributed by atoms with van der Waals surface area (Å²) >= 11 is 0. The minimum absolute atomic E-state index is 0.0323. The maximum Gasteiger partial charge on any atom is 0.241 e. The lowest BCUT2D eigenvalue weighted by Gasteiger charge is -2.13. The van der Waals surface area contributed by atoms with Gasteiger partial charge in [-0.2, -0.15) is 0 Å². The van der Waals surface area contributed by atoms with Crippen LogP contribution in [0.25, 0.3) is 0 Å². The third-order valence-electron chi connectivity index (χ3n) is 2.86. The normalized spacial score (nSPS) is 11.8. The van der Waals surface area contributed by atoms with E-state index in [1.54, 1.807) is 18.2 Å². The van der Waals surface area contributed by atoms with Crippen LogP contribution in [0.5, 0.6) is 5.75 Å². The van der Waals surface area contributed by atoms with Crippen LogP contribution in [-0.2, 0) is 11.3 Å². The average molecular weight is 256 g/mol. The van der Waals surface area contributed by atoms with E-state index in [0.717, 1.165) is 5.56 Å². The lowest BCUT2D eigenvalue weighted by atomic mass is 10.1. The van der Waals surface area contributed by atoms with E-state index in [9.17, 15) is 9.90 Å². The molecule has 0 saturated carbocycles. The van der Waals surface area contributed by atoms with Crippen molar-refractivity contribution in [3.05, 3.63) is 65.7 Å². The molecule has 4 nitrogen and oxygen atoms in total. The molecule has 0 fully saturated rings. The molecule has 0 saturated heterocycles. The zero-order chi connectivity index (χ0) is 13.7. The average Bonchev–Trinajstić information content (AvgIpc) is 2.45. The van der Waals surface area contributed by atoms with Gasteiger partial charge in [0.05, 0.1) is 0 Å². The molecular weight excluding hydrogens is 240 g/mol. The van der Waals surface area contributed by atoms with Gasteiger partial charge in [-0.1, -0.05) is 48.5 Å². The van der Waals surface area contributed by atoms with Crippen molar-refractivity contribution >= 4 is 5.91 Å². The summed E-state index contributed by atoms with van der Waals surface area (Å²) in [4.78, 5) is 11.9. The molecule has 19 heavy (non-hydrogen) atoms. The van der Waals surface area contributed by atoms with Gasteiger partial charge in [0.2, 0.25) is 5.91 Å². The predicted molar refractivity (Wildman–Crippen MR) is 73.3 cm³/mol. The highest BCUT2D eigenvalue weighted by Crippen LogP contribution is 2.21. The molecule has 1 atom stereocenters. The van der Waals surface area contributed by atoms with E-state index in [2.05, 4.69) is 5.32 Å². The summed E-state index contributed by atoms with van der Waals surface area (Å²) in [5.41, 5.74) is 7.26. The second-order valence-electron chi connectivity index (χ2n) is 4.24. The summed E-state index contributed by atoms with van der Waals surface area (Å²) in [6.45, 7) is 0.418. The van der Waals surface area contributed by atoms with Crippen LogP contribution < -0.4 is 11.1 Å². The van der Waals surface area contributed by atoms with E-state index in [1.165, 1.54) is 6.07 Å². The molecule has 98 valence electrons. The minimum Gasteiger partial charge on any atom is -0.508 e. The highest BCUT2D eigenvalue weighted by molar-refractivity contribution is 5.83. The number of hydrogen-bond donors (Lipinski definition) is 3. The number of phenols is 1. The van der Waals surface area contributed by atoms with Crippen molar-refractivity contribution in [1.82, 2.24) is 5.32 Å². The van der Waals surface area contributed by atoms with Crippen LogP contribution in [0, 0.1) is 0 Å². The van der Waals surface area contributed by atoms with Gasteiger partial charge in [-0.15, -0.1) is 0 Å². The molecule has 1 amide bonds. The van der Waals surface area contributed by atoms with Gasteiger partial charge in [-0.05, 0) is 11.6 Å². The Morgan fingerprint density at radius 2 is 1.74 bits per heavy atom. The molecule has 1 unspecified atom stereocenters. The largest absolute Gasteiger partial charge is 0.508 e. The number of carbonyl (C=O) groups is 1. The Kier molecular flexibility index (Phi) is 4.15. The van der Waals surface area contributed by atoms with E-state index < -0.39 is 6.04 Å². The second kappa shape index (κ2) is 6.02. The SMILES string of the molecule is NC(C(=O)NCc1ccccc1)c1ccccc1O. The van der Waals surface area contributed by atoms with E-state index in [0.29, 0.717) is 12.1 Å². The van der Waals surface area contributed by atoms with Crippen molar-refractivity contribution in [3.63, 3.8) is 0 Å². The first-order valence-electron chi connectivity index (χ1n) is 6.03. The van der Waals surface area contributed by atoms with Crippen LogP contribution in [0.2, 0.25) is 0 Å². The van der Waals surface area contributed by atoms with Crippen LogP contribution in [0.15, 0.2) is 54.6 Å². The van der Waals surface area contributed by atoms with Crippen LogP contribution in [0.4, 0.5) is 0 Å². The first-order valence-corrected chi connectivity index (χ1v) is 6.03. The summed E-state index contributed by atoms with van der Waals surface area (Å²) in [5.74, 6) is -0.282. The number of nitrogens with two attached hydrogens (primary N) is 1. The van der Waals surface area contributed by atoms with Crippen molar-refractivity contribution in [1.29, 1.82) is 0 Å². The highest BCUT2D eigenvalue weighted by Gasteiger charge is 2.18. The van der Waals surface area contributed by atoms with Gasteiger partial charge in [-0.3, -0.25) is 4.79 Å². The summed E-state index contributed by atoms with van der Waals surface area (Å²) in [6, 6.07) is 15.3. The Bertz CT molecular complexity index is 555. The second-order valence-corrected chi connectivity index (χ2v) is 4.24. The smallest absolute Gasteiger partial charge is 0.241 e. The molecule has 0 aromatic heterocycles. The molecule has 2 aromatic carbocycles. The highest BCUT2D eigenvalue weighted by atomic mass is 16.3. The monoisotopic (exact) mass is 256 g/mol. The third kappa shape index (κ3) is 3.33. The van der Waals surface area contributed by atoms with Gasteiger partial charge >= 0.3 is 0 Å². The van der Waals surface area contributed by atoms with Crippen molar-refractivity contribution in [2.45, 2.75) is 12.6 Å². The van der Waals surface area contributed by atoms with E-state index >= 15 is 0 Å². The quantitative estimate of drug-likeness (QED) is 0.779. The third-order valence-corrected chi connectivity index (χ3v) is 2.86. The fourth-order valence-electron chi connectivity index (χ4n) is 1.79. The summed E-state index contributed by atoms with van der Waals surface area (Å²) in [7, 11) is 0. The van der Waals surface area contributed by atoms with Gasteiger partial charge < -0.3 is 16.2 Å². The molecule has 0 spiro atoms. The minimum atomic E-state index is -0.870. The Morgan fingerprint density at radius 3 is 2.42 bits per heavy atom. The molecule has 0 heterocycles. The Morgan fingerprint density at radius 1 is 1.11 bits per heavy atom. The van der Waals surface area contributed by atoms with Gasteiger partial charge in [0.15, 0.2) is 0 Å². The van der Waals surface area contributed by atoms with Gasteiger partial charge in [0.1, 0.15) is 11.8 Å². The van der Waals surface area contributed by atoms with Crippen molar-refractivity contribution in [2.24, 2.45) is 5.73 Å². The molecule has 4 heteroatoms. The fraction of sp³-hybridized carbons (Fsp3) is 0.133. The molecule has 0 aliphatic carbocycles. The number of hydrogen-bond acceptors (Lipinski definition) is 3. The van der Waals surface area contributed by atoms with Crippen molar-refractivity contribution in [2.75, 3.05) is 0 Å². The summed E-state index contributed by atoms with van der Waals surface area (Å²) in [6.07, 6.45) is 0. The number of amides is 1. The van der Waals surface area contributed by atoms with E-state index in [4.69, 9.17) is 5.73 Å². The number of aromatic hydroxyl groups is 1. The molecule has 0 aliphatic heterocycles. The topological polar surface area (TPSA) is 75.4 Å². The van der Waals surface area contributed by atoms with E-state index in [-0.39, 0.29) is 11.7 Å². The maximum atomic E-state index is 11.9. The molecule has 2 rings (SSSR count). The van der Waals surface area contributed by atoms with Crippen LogP contribution in [-0.4, -0.2) is 11.0 Å². The summed E-state index contributed by atoms with van der Waals surface area (Å²) < 4.78 is 0. The number of nitrogens with one attached hydrogen (secondary N) is 1. The maximum absolute atomic E-state index is 11.9. The van der Waals surface area contributed by atoms with Gasteiger partial charge in [0, 0.05) is 12.1 Å². The lowest BCUT2D eigenvalue weighted by Crippen LogP contribution is -2.33. The van der Waals surface area contributed by atoms with Crippen LogP contribution in [0.1, 0.15) is 17.2 Å². The Balaban J connectivity index is 1.99. The Hall–Kier alpha value is -2.33. The van der Waals surface area contributed by atoms with Crippen molar-refractivity contribution < 1.29 is 9.90 Å². The molecule has 2 aromatic rings. The number of rotatable bonds is 4. The summed E-state index contributed by atoms with van der Waals surface area (Å²) in [5, 5.41) is 12.4. The standard InChI is InChI=1S/C15H16N2O2/c16-14(12-8-4-5-9-13(12)18)15(19)17-10-11-6-2-1-3-7-11/h1-9,14,18H,10,16H2,(H,17,19). The molecule has 4 N–H and O–H groups in total. The zero-order valence-electron chi connectivity index (χ0n) is 10.4. The molecule has 0 bridgehead atoms. The number of phenolic OH excluding ortho intramolecular Hbond substituents is 1. The van der Waals surface area contributed by atoms with E-state index in [1.807, 2.05) is 30.3 Å². The Labute approximate surface area is 111 Å². The number of carbonyl (C=O) groups excluding carboxylic acids is 1. The van der Waals surface area contributed by atoms with Crippen LogP contribution >= 0.6 is 0 Å². The predicted octanol–water partition coefficient (Wildman–Crippen LogP) is 1.71.